The Kier molecular flexibility index (Phi) is 12.6. The van der Waals surface area contributed by atoms with Gasteiger partial charge in [0.2, 0.25) is 5.91 Å². The van der Waals surface area contributed by atoms with Crippen molar-refractivity contribution in [3.05, 3.63) is 29.3 Å². The van der Waals surface area contributed by atoms with Crippen LogP contribution in [0, 0.1) is 6.07 Å². The maximum absolute atomic E-state index is 11.8. The standard InChI is InChI=1S/C21H33ClNO/c1-2-3-4-5-6-7-8-9-10-11-12-13-14-21(24)23-20-17-15-19(22)16-18-20/h15,17-18H,2-14H2,1H3,(H,23,24). The Morgan fingerprint density at radius 3 is 1.96 bits per heavy atom. The summed E-state index contributed by atoms with van der Waals surface area (Å²) in [6, 6.07) is 8.12. The Labute approximate surface area is 153 Å². The zero-order valence-electron chi connectivity index (χ0n) is 15.2. The average Bonchev–Trinajstić information content (AvgIpc) is 2.58. The fourth-order valence-corrected chi connectivity index (χ4v) is 2.95. The van der Waals surface area contributed by atoms with Gasteiger partial charge in [-0.15, -0.1) is 0 Å². The van der Waals surface area contributed by atoms with Gasteiger partial charge < -0.3 is 5.32 Å². The van der Waals surface area contributed by atoms with E-state index in [1.807, 2.05) is 0 Å². The molecule has 0 bridgehead atoms. The number of nitrogens with one attached hydrogen (secondary N) is 1. The van der Waals surface area contributed by atoms with Crippen molar-refractivity contribution >= 4 is 23.2 Å². The summed E-state index contributed by atoms with van der Waals surface area (Å²) >= 11 is 5.77. The molecule has 0 aliphatic rings. The molecule has 0 aliphatic carbocycles. The SMILES string of the molecule is CCCCCCCCCCCCCCC(=O)Nc1c[c]c(Cl)cc1. The number of benzene rings is 1. The van der Waals surface area contributed by atoms with Gasteiger partial charge in [0.25, 0.3) is 0 Å². The fraction of sp³-hybridized carbons (Fsp3) is 0.667. The Morgan fingerprint density at radius 1 is 0.917 bits per heavy atom. The number of carbonyl (C=O) groups excluding carboxylic acids is 1. The van der Waals surface area contributed by atoms with E-state index < -0.39 is 0 Å². The molecule has 0 unspecified atom stereocenters. The quantitative estimate of drug-likeness (QED) is 0.354. The van der Waals surface area contributed by atoms with E-state index in [1.165, 1.54) is 64.2 Å². The van der Waals surface area contributed by atoms with Crippen LogP contribution in [-0.4, -0.2) is 5.91 Å². The molecule has 1 aromatic carbocycles. The van der Waals surface area contributed by atoms with Crippen LogP contribution in [0.4, 0.5) is 5.69 Å². The van der Waals surface area contributed by atoms with E-state index in [9.17, 15) is 4.79 Å². The lowest BCUT2D eigenvalue weighted by Gasteiger charge is -2.05. The second kappa shape index (κ2) is 14.3. The van der Waals surface area contributed by atoms with Crippen molar-refractivity contribution in [2.24, 2.45) is 0 Å². The number of hydrogen-bond donors (Lipinski definition) is 1. The second-order valence-electron chi connectivity index (χ2n) is 6.61. The van der Waals surface area contributed by atoms with Crippen molar-refractivity contribution in [3.8, 4) is 0 Å². The Hall–Kier alpha value is -1.02. The minimum atomic E-state index is 0.0813. The molecule has 2 nitrogen and oxygen atoms in total. The van der Waals surface area contributed by atoms with Gasteiger partial charge in [0.05, 0.1) is 0 Å². The van der Waals surface area contributed by atoms with Crippen LogP contribution in [0.1, 0.15) is 90.4 Å². The molecule has 0 aliphatic heterocycles. The first-order chi connectivity index (χ1) is 11.7. The highest BCUT2D eigenvalue weighted by Crippen LogP contribution is 2.14. The molecule has 0 aromatic heterocycles. The van der Waals surface area contributed by atoms with E-state index in [4.69, 9.17) is 11.6 Å². The molecular formula is C21H33ClNO. The number of hydrogen-bond acceptors (Lipinski definition) is 1. The Bertz CT molecular complexity index is 430. The smallest absolute Gasteiger partial charge is 0.224 e. The van der Waals surface area contributed by atoms with Gasteiger partial charge in [-0.25, -0.2) is 0 Å². The normalized spacial score (nSPS) is 10.8. The first kappa shape index (κ1) is 21.0. The summed E-state index contributed by atoms with van der Waals surface area (Å²) in [6.07, 6.45) is 16.3. The Balaban J connectivity index is 1.87. The van der Waals surface area contributed by atoms with Crippen LogP contribution in [0.3, 0.4) is 0 Å². The van der Waals surface area contributed by atoms with Crippen molar-refractivity contribution in [2.45, 2.75) is 90.4 Å². The molecule has 0 fully saturated rings. The number of amides is 1. The number of unbranched alkanes of at least 4 members (excludes halogenated alkanes) is 11. The minimum absolute atomic E-state index is 0.0813. The van der Waals surface area contributed by atoms with Gasteiger partial charge in [0.15, 0.2) is 0 Å². The second-order valence-corrected chi connectivity index (χ2v) is 7.02. The highest BCUT2D eigenvalue weighted by atomic mass is 35.5. The van der Waals surface area contributed by atoms with Crippen LogP contribution in [-0.2, 0) is 4.79 Å². The van der Waals surface area contributed by atoms with Crippen molar-refractivity contribution in [3.63, 3.8) is 0 Å². The van der Waals surface area contributed by atoms with Gasteiger partial charge in [-0.2, -0.15) is 0 Å². The highest BCUT2D eigenvalue weighted by molar-refractivity contribution is 6.30. The van der Waals surface area contributed by atoms with Crippen molar-refractivity contribution in [1.82, 2.24) is 0 Å². The van der Waals surface area contributed by atoms with Gasteiger partial charge in [-0.3, -0.25) is 4.79 Å². The molecule has 3 heteroatoms. The lowest BCUT2D eigenvalue weighted by molar-refractivity contribution is -0.116. The van der Waals surface area contributed by atoms with E-state index in [0.29, 0.717) is 11.4 Å². The number of carbonyl (C=O) groups is 1. The maximum atomic E-state index is 11.8. The van der Waals surface area contributed by atoms with Gasteiger partial charge in [0.1, 0.15) is 0 Å². The Morgan fingerprint density at radius 2 is 1.46 bits per heavy atom. The van der Waals surface area contributed by atoms with Crippen molar-refractivity contribution < 1.29 is 4.79 Å². The summed E-state index contributed by atoms with van der Waals surface area (Å²) in [4.78, 5) is 11.8. The van der Waals surface area contributed by atoms with Crippen molar-refractivity contribution in [2.75, 3.05) is 5.32 Å². The predicted molar refractivity (Wildman–Crippen MR) is 105 cm³/mol. The monoisotopic (exact) mass is 350 g/mol. The molecular weight excluding hydrogens is 318 g/mol. The zero-order chi connectivity index (χ0) is 17.5. The molecule has 0 atom stereocenters. The molecule has 0 heterocycles. The maximum Gasteiger partial charge on any atom is 0.224 e. The third-order valence-electron chi connectivity index (χ3n) is 4.32. The average molecular weight is 351 g/mol. The first-order valence-corrected chi connectivity index (χ1v) is 10.1. The van der Waals surface area contributed by atoms with Gasteiger partial charge in [0, 0.05) is 23.2 Å². The topological polar surface area (TPSA) is 29.1 Å². The summed E-state index contributed by atoms with van der Waals surface area (Å²) < 4.78 is 0. The molecule has 1 N–H and O–H groups in total. The van der Waals surface area contributed by atoms with Crippen LogP contribution >= 0.6 is 11.6 Å². The van der Waals surface area contributed by atoms with Crippen LogP contribution in [0.5, 0.6) is 0 Å². The predicted octanol–water partition coefficient (Wildman–Crippen LogP) is 7.17. The third kappa shape index (κ3) is 11.5. The highest BCUT2D eigenvalue weighted by Gasteiger charge is 2.02. The summed E-state index contributed by atoms with van der Waals surface area (Å²) in [7, 11) is 0. The molecule has 0 spiro atoms. The van der Waals surface area contributed by atoms with Crippen LogP contribution in [0.25, 0.3) is 0 Å². The van der Waals surface area contributed by atoms with E-state index in [-0.39, 0.29) is 5.91 Å². The molecule has 135 valence electrons. The molecule has 1 rings (SSSR count). The summed E-state index contributed by atoms with van der Waals surface area (Å²) in [5, 5.41) is 3.44. The molecule has 24 heavy (non-hydrogen) atoms. The van der Waals surface area contributed by atoms with E-state index in [0.717, 1.165) is 18.5 Å². The van der Waals surface area contributed by atoms with Gasteiger partial charge >= 0.3 is 0 Å². The third-order valence-corrected chi connectivity index (χ3v) is 4.55. The van der Waals surface area contributed by atoms with Crippen molar-refractivity contribution in [1.29, 1.82) is 0 Å². The molecule has 0 saturated heterocycles. The molecule has 1 amide bonds. The number of halogens is 1. The van der Waals surface area contributed by atoms with Crippen LogP contribution in [0.2, 0.25) is 5.02 Å². The molecule has 0 saturated carbocycles. The van der Waals surface area contributed by atoms with Crippen LogP contribution < -0.4 is 5.32 Å². The summed E-state index contributed by atoms with van der Waals surface area (Å²) in [5.41, 5.74) is 0.767. The number of anilines is 1. The van der Waals surface area contributed by atoms with Gasteiger partial charge in [-0.05, 0) is 24.6 Å². The van der Waals surface area contributed by atoms with E-state index in [2.05, 4.69) is 18.3 Å². The minimum Gasteiger partial charge on any atom is -0.326 e. The fourth-order valence-electron chi connectivity index (χ4n) is 2.83. The molecule has 1 aromatic rings. The van der Waals surface area contributed by atoms with Crippen LogP contribution in [0.15, 0.2) is 18.2 Å². The van der Waals surface area contributed by atoms with Gasteiger partial charge in [-0.1, -0.05) is 89.2 Å². The first-order valence-electron chi connectivity index (χ1n) is 9.69. The zero-order valence-corrected chi connectivity index (χ0v) is 16.0. The van der Waals surface area contributed by atoms with E-state index >= 15 is 0 Å². The summed E-state index contributed by atoms with van der Waals surface area (Å²) in [5.74, 6) is 0.0813. The summed E-state index contributed by atoms with van der Waals surface area (Å²) in [6.45, 7) is 2.26. The molecule has 1 radical (unpaired) electrons. The largest absolute Gasteiger partial charge is 0.326 e. The lowest BCUT2D eigenvalue weighted by atomic mass is 10.0. The lowest BCUT2D eigenvalue weighted by Crippen LogP contribution is -2.10. The van der Waals surface area contributed by atoms with E-state index in [1.54, 1.807) is 18.2 Å². The number of rotatable bonds is 14.